The van der Waals surface area contributed by atoms with Crippen molar-refractivity contribution in [3.8, 4) is 0 Å². The molecular formula is C52H57BN2O. The van der Waals surface area contributed by atoms with Crippen molar-refractivity contribution >= 4 is 68.4 Å². The molecule has 1 saturated carbocycles. The van der Waals surface area contributed by atoms with Gasteiger partial charge in [-0.2, -0.15) is 0 Å². The fourth-order valence-corrected chi connectivity index (χ4v) is 11.2. The van der Waals surface area contributed by atoms with Gasteiger partial charge in [0.1, 0.15) is 5.58 Å². The largest absolute Gasteiger partial charge is 0.468 e. The van der Waals surface area contributed by atoms with Gasteiger partial charge < -0.3 is 14.2 Å². The van der Waals surface area contributed by atoms with Gasteiger partial charge in [-0.3, -0.25) is 0 Å². The summed E-state index contributed by atoms with van der Waals surface area (Å²) < 4.78 is 7.49. The highest BCUT2D eigenvalue weighted by atomic mass is 16.3. The van der Waals surface area contributed by atoms with Gasteiger partial charge in [-0.1, -0.05) is 97.4 Å². The molecule has 0 unspecified atom stereocenters. The second-order valence-corrected chi connectivity index (χ2v) is 20.7. The molecule has 5 aromatic carbocycles. The molecule has 3 nitrogen and oxygen atoms in total. The smallest absolute Gasteiger partial charge is 0.297 e. The van der Waals surface area contributed by atoms with Gasteiger partial charge >= 0.3 is 0 Å². The van der Waals surface area contributed by atoms with E-state index in [9.17, 15) is 0 Å². The van der Waals surface area contributed by atoms with E-state index in [2.05, 4.69) is 172 Å². The summed E-state index contributed by atoms with van der Waals surface area (Å²) in [6, 6.07) is 31.2. The third-order valence-corrected chi connectivity index (χ3v) is 14.4. The van der Waals surface area contributed by atoms with Crippen LogP contribution in [0.15, 0.2) is 83.3 Å². The topological polar surface area (TPSA) is 19.6 Å². The first-order valence-corrected chi connectivity index (χ1v) is 21.1. The van der Waals surface area contributed by atoms with Gasteiger partial charge in [0, 0.05) is 28.1 Å². The number of rotatable bonds is 2. The van der Waals surface area contributed by atoms with E-state index in [1.165, 1.54) is 115 Å². The molecule has 2 aliphatic heterocycles. The maximum Gasteiger partial charge on any atom is 0.297 e. The minimum Gasteiger partial charge on any atom is -0.468 e. The first-order chi connectivity index (χ1) is 26.4. The Balaban J connectivity index is 1.33. The molecule has 56 heavy (non-hydrogen) atoms. The Morgan fingerprint density at radius 2 is 1.11 bits per heavy atom. The monoisotopic (exact) mass is 736 g/mol. The molecule has 5 aliphatic rings. The molecule has 0 spiro atoms. The number of aryl methyl sites for hydroxylation is 4. The van der Waals surface area contributed by atoms with E-state index in [0.29, 0.717) is 0 Å². The summed E-state index contributed by atoms with van der Waals surface area (Å²) in [5, 5.41) is 1.25. The van der Waals surface area contributed by atoms with Gasteiger partial charge in [0.2, 0.25) is 0 Å². The molecule has 2 bridgehead atoms. The number of nitrogens with zero attached hydrogens (tertiary/aromatic N) is 2. The number of hydrogen-bond donors (Lipinski definition) is 0. The first-order valence-electron chi connectivity index (χ1n) is 21.1. The van der Waals surface area contributed by atoms with E-state index in [0.717, 1.165) is 11.2 Å². The predicted molar refractivity (Wildman–Crippen MR) is 240 cm³/mol. The van der Waals surface area contributed by atoms with Gasteiger partial charge in [-0.25, -0.2) is 0 Å². The van der Waals surface area contributed by atoms with Crippen LogP contribution in [0.2, 0.25) is 0 Å². The molecule has 3 heterocycles. The van der Waals surface area contributed by atoms with Crippen molar-refractivity contribution in [3.63, 3.8) is 0 Å². The third kappa shape index (κ3) is 4.96. The molecule has 0 atom stereocenters. The lowest BCUT2D eigenvalue weighted by Gasteiger charge is -2.52. The van der Waals surface area contributed by atoms with E-state index in [-0.39, 0.29) is 28.4 Å². The number of fused-ring (bicyclic) bond motifs is 8. The van der Waals surface area contributed by atoms with E-state index in [1.807, 2.05) is 0 Å². The predicted octanol–water partition coefficient (Wildman–Crippen LogP) is 12.4. The molecule has 284 valence electrons. The van der Waals surface area contributed by atoms with Gasteiger partial charge in [0.15, 0.2) is 0 Å². The Morgan fingerprint density at radius 1 is 0.571 bits per heavy atom. The fraction of sp³-hybridized carbons (Fsp3) is 0.385. The van der Waals surface area contributed by atoms with Gasteiger partial charge in [0.25, 0.3) is 6.71 Å². The average Bonchev–Trinajstić information content (AvgIpc) is 3.50. The highest BCUT2D eigenvalue weighted by molar-refractivity contribution is 7.00. The minimum atomic E-state index is -0.0624. The lowest BCUT2D eigenvalue weighted by atomic mass is 9.35. The molecule has 4 heteroatoms. The maximum absolute atomic E-state index is 7.49. The lowest BCUT2D eigenvalue weighted by Crippen LogP contribution is -2.61. The zero-order valence-corrected chi connectivity index (χ0v) is 35.7. The Morgan fingerprint density at radius 3 is 1.70 bits per heavy atom. The Bertz CT molecular complexity index is 2610. The Hall–Kier alpha value is -4.70. The number of furan rings is 1. The van der Waals surface area contributed by atoms with Gasteiger partial charge in [-0.15, -0.1) is 0 Å². The van der Waals surface area contributed by atoms with E-state index in [4.69, 9.17) is 4.42 Å². The third-order valence-electron chi connectivity index (χ3n) is 14.4. The van der Waals surface area contributed by atoms with Crippen LogP contribution in [-0.2, 0) is 21.7 Å². The van der Waals surface area contributed by atoms with E-state index >= 15 is 0 Å². The van der Waals surface area contributed by atoms with Crippen molar-refractivity contribution < 1.29 is 4.42 Å². The van der Waals surface area contributed by atoms with Gasteiger partial charge in [0.05, 0.1) is 17.0 Å². The molecule has 6 aromatic rings. The highest BCUT2D eigenvalue weighted by Crippen LogP contribution is 2.58. The van der Waals surface area contributed by atoms with E-state index in [1.54, 1.807) is 5.56 Å². The standard InChI is InChI=1S/C52H57BN2O/c1-30-23-32(3)46(33(4)24-30)55-43-26-31(2)25-42-45(43)53(48-47(55)37-28-38-39(29-44(37)56-48)52(12)21-19-51(38,11)20-22-52)40-27-35(50(8,9)10)15-18-41(40)54(42)36-16-13-34(14-17-36)49(5,6)7/h13-18,23-29H,19-22H2,1-12H3. The van der Waals surface area contributed by atoms with Crippen LogP contribution >= 0.6 is 0 Å². The molecule has 0 radical (unpaired) electrons. The van der Waals surface area contributed by atoms with E-state index < -0.39 is 0 Å². The molecule has 1 fully saturated rings. The number of benzene rings is 5. The normalized spacial score (nSPS) is 21.0. The maximum atomic E-state index is 7.49. The molecule has 0 amide bonds. The molecule has 3 aliphatic carbocycles. The minimum absolute atomic E-state index is 0.0125. The van der Waals surface area contributed by atoms with Crippen molar-refractivity contribution in [2.45, 2.75) is 130 Å². The molecule has 0 N–H and O–H groups in total. The summed E-state index contributed by atoms with van der Waals surface area (Å²) in [7, 11) is 0. The highest BCUT2D eigenvalue weighted by Gasteiger charge is 2.51. The number of hydrogen-bond acceptors (Lipinski definition) is 3. The summed E-state index contributed by atoms with van der Waals surface area (Å²) in [5.74, 6) is 0. The second kappa shape index (κ2) is 11.5. The SMILES string of the molecule is Cc1cc(C)c(N2c3cc(C)cc4c3B(c3cc(C(C)(C)C)ccc3N4c3ccc(C(C)(C)C)cc3)c3oc4cc5c(cc4c32)C2(C)CCC5(C)CC2)c(C)c1. The quantitative estimate of drug-likeness (QED) is 0.165. The summed E-state index contributed by atoms with van der Waals surface area (Å²) in [6.07, 6.45) is 5.02. The van der Waals surface area contributed by atoms with Crippen LogP contribution < -0.4 is 26.4 Å². The lowest BCUT2D eigenvalue weighted by molar-refractivity contribution is 0.188. The van der Waals surface area contributed by atoms with Crippen molar-refractivity contribution in [1.29, 1.82) is 0 Å². The van der Waals surface area contributed by atoms with Crippen LogP contribution in [0.3, 0.4) is 0 Å². The van der Waals surface area contributed by atoms with Crippen LogP contribution in [-0.4, -0.2) is 6.71 Å². The first kappa shape index (κ1) is 35.7. The number of anilines is 6. The van der Waals surface area contributed by atoms with Crippen LogP contribution in [0, 0.1) is 27.7 Å². The summed E-state index contributed by atoms with van der Waals surface area (Å²) in [5.41, 5.74) is 23.5. The molecule has 1 aromatic heterocycles. The average molecular weight is 737 g/mol. The second-order valence-electron chi connectivity index (χ2n) is 20.7. The Labute approximate surface area is 335 Å². The van der Waals surface area contributed by atoms with Gasteiger partial charge in [-0.05, 0) is 167 Å². The van der Waals surface area contributed by atoms with Crippen molar-refractivity contribution in [1.82, 2.24) is 0 Å². The zero-order chi connectivity index (χ0) is 39.4. The van der Waals surface area contributed by atoms with Crippen molar-refractivity contribution in [2.24, 2.45) is 0 Å². The fourth-order valence-electron chi connectivity index (χ4n) is 11.2. The molecular weight excluding hydrogens is 679 g/mol. The van der Waals surface area contributed by atoms with Crippen LogP contribution in [0.5, 0.6) is 0 Å². The summed E-state index contributed by atoms with van der Waals surface area (Å²) in [4.78, 5) is 5.15. The van der Waals surface area contributed by atoms with Crippen molar-refractivity contribution in [3.05, 3.63) is 123 Å². The van der Waals surface area contributed by atoms with Crippen LogP contribution in [0.4, 0.5) is 34.1 Å². The Kier molecular flexibility index (Phi) is 7.31. The summed E-state index contributed by atoms with van der Waals surface area (Å²) >= 11 is 0. The van der Waals surface area contributed by atoms with Crippen LogP contribution in [0.25, 0.3) is 11.0 Å². The van der Waals surface area contributed by atoms with Crippen molar-refractivity contribution in [2.75, 3.05) is 9.80 Å². The van der Waals surface area contributed by atoms with Crippen LogP contribution in [0.1, 0.15) is 126 Å². The summed E-state index contributed by atoms with van der Waals surface area (Å²) in [6.45, 7) is 27.9. The molecule has 11 rings (SSSR count). The zero-order valence-electron chi connectivity index (χ0n) is 35.7. The molecule has 0 saturated heterocycles.